The summed E-state index contributed by atoms with van der Waals surface area (Å²) in [4.78, 5) is 18.7. The smallest absolute Gasteiger partial charge is 0.251 e. The number of hydrogen-bond donors (Lipinski definition) is 1. The molecular weight excluding hydrogens is 280 g/mol. The molecule has 2 aromatic rings. The number of aryl methyl sites for hydroxylation is 1. The summed E-state index contributed by atoms with van der Waals surface area (Å²) >= 11 is 3.38. The van der Waals surface area contributed by atoms with Crippen molar-refractivity contribution in [3.63, 3.8) is 0 Å². The minimum atomic E-state index is -0.0960. The van der Waals surface area contributed by atoms with Crippen LogP contribution < -0.4 is 5.56 Å². The van der Waals surface area contributed by atoms with Gasteiger partial charge in [0.15, 0.2) is 0 Å². The van der Waals surface area contributed by atoms with E-state index in [1.807, 2.05) is 24.3 Å². The van der Waals surface area contributed by atoms with Crippen LogP contribution in [-0.2, 0) is 6.42 Å². The van der Waals surface area contributed by atoms with Gasteiger partial charge < -0.3 is 4.98 Å². The minimum absolute atomic E-state index is 0.0960. The molecule has 0 aliphatic rings. The van der Waals surface area contributed by atoms with Crippen LogP contribution in [0.4, 0.5) is 0 Å². The molecule has 0 unspecified atom stereocenters. The Morgan fingerprint density at radius 3 is 2.65 bits per heavy atom. The molecule has 2 rings (SSSR count). The van der Waals surface area contributed by atoms with Gasteiger partial charge in [0.05, 0.1) is 5.69 Å². The lowest BCUT2D eigenvalue weighted by molar-refractivity contribution is 0.828. The van der Waals surface area contributed by atoms with Crippen LogP contribution in [0.3, 0.4) is 0 Å². The maximum absolute atomic E-state index is 11.5. The highest BCUT2D eigenvalue weighted by Crippen LogP contribution is 2.18. The topological polar surface area (TPSA) is 45.8 Å². The Labute approximate surface area is 108 Å². The van der Waals surface area contributed by atoms with Crippen LogP contribution in [0.25, 0.3) is 11.3 Å². The van der Waals surface area contributed by atoms with Gasteiger partial charge in [0.1, 0.15) is 5.82 Å². The van der Waals surface area contributed by atoms with Gasteiger partial charge in [-0.05, 0) is 18.6 Å². The van der Waals surface area contributed by atoms with Crippen LogP contribution in [0.2, 0.25) is 0 Å². The van der Waals surface area contributed by atoms with E-state index in [1.165, 1.54) is 6.07 Å². The summed E-state index contributed by atoms with van der Waals surface area (Å²) in [6.45, 7) is 2.06. The zero-order valence-corrected chi connectivity index (χ0v) is 11.1. The van der Waals surface area contributed by atoms with Crippen molar-refractivity contribution >= 4 is 15.9 Å². The average Bonchev–Trinajstić information content (AvgIpc) is 2.29. The van der Waals surface area contributed by atoms with Crippen molar-refractivity contribution in [2.24, 2.45) is 0 Å². The molecule has 0 aliphatic carbocycles. The lowest BCUT2D eigenvalue weighted by Crippen LogP contribution is -2.10. The van der Waals surface area contributed by atoms with Crippen LogP contribution in [0.15, 0.2) is 39.6 Å². The van der Waals surface area contributed by atoms with Gasteiger partial charge in [0.2, 0.25) is 0 Å². The molecule has 1 aromatic heterocycles. The SMILES string of the molecule is CCCc1nc(-c2ccc(Br)cc2)cc(=O)[nH]1. The van der Waals surface area contributed by atoms with Crippen molar-refractivity contribution in [2.45, 2.75) is 19.8 Å². The molecule has 4 heteroatoms. The largest absolute Gasteiger partial charge is 0.311 e. The molecule has 1 aromatic carbocycles. The van der Waals surface area contributed by atoms with Gasteiger partial charge in [-0.25, -0.2) is 4.98 Å². The summed E-state index contributed by atoms with van der Waals surface area (Å²) in [7, 11) is 0. The highest BCUT2D eigenvalue weighted by molar-refractivity contribution is 9.10. The molecule has 1 heterocycles. The first-order chi connectivity index (χ1) is 8.19. The van der Waals surface area contributed by atoms with Crippen molar-refractivity contribution in [2.75, 3.05) is 0 Å². The standard InChI is InChI=1S/C13H13BrN2O/c1-2-3-12-15-11(8-13(17)16-12)9-4-6-10(14)7-5-9/h4-8H,2-3H2,1H3,(H,15,16,17). The fourth-order valence-electron chi connectivity index (χ4n) is 1.63. The van der Waals surface area contributed by atoms with E-state index in [1.54, 1.807) is 0 Å². The van der Waals surface area contributed by atoms with E-state index in [-0.39, 0.29) is 5.56 Å². The van der Waals surface area contributed by atoms with Gasteiger partial charge in [0.25, 0.3) is 5.56 Å². The summed E-state index contributed by atoms with van der Waals surface area (Å²) < 4.78 is 1.01. The van der Waals surface area contributed by atoms with E-state index in [2.05, 4.69) is 32.8 Å². The number of aromatic amines is 1. The van der Waals surface area contributed by atoms with Crippen molar-refractivity contribution in [3.05, 3.63) is 51.0 Å². The summed E-state index contributed by atoms with van der Waals surface area (Å²) in [5.74, 6) is 0.748. The Morgan fingerprint density at radius 2 is 2.00 bits per heavy atom. The van der Waals surface area contributed by atoms with E-state index >= 15 is 0 Å². The van der Waals surface area contributed by atoms with Gasteiger partial charge in [0, 0.05) is 22.5 Å². The van der Waals surface area contributed by atoms with Gasteiger partial charge in [-0.3, -0.25) is 4.79 Å². The monoisotopic (exact) mass is 292 g/mol. The number of rotatable bonds is 3. The predicted molar refractivity (Wildman–Crippen MR) is 72.0 cm³/mol. The molecule has 3 nitrogen and oxygen atoms in total. The predicted octanol–water partition coefficient (Wildman–Crippen LogP) is 3.15. The molecule has 0 atom stereocenters. The number of nitrogens with zero attached hydrogens (tertiary/aromatic N) is 1. The second-order valence-electron chi connectivity index (χ2n) is 3.83. The second-order valence-corrected chi connectivity index (χ2v) is 4.75. The maximum atomic E-state index is 11.5. The number of halogens is 1. The third-order valence-corrected chi connectivity index (χ3v) is 2.95. The van der Waals surface area contributed by atoms with Gasteiger partial charge >= 0.3 is 0 Å². The quantitative estimate of drug-likeness (QED) is 0.945. The molecule has 88 valence electrons. The number of hydrogen-bond acceptors (Lipinski definition) is 2. The number of nitrogens with one attached hydrogen (secondary N) is 1. The molecule has 17 heavy (non-hydrogen) atoms. The summed E-state index contributed by atoms with van der Waals surface area (Å²) in [5.41, 5.74) is 1.59. The minimum Gasteiger partial charge on any atom is -0.311 e. The zero-order valence-electron chi connectivity index (χ0n) is 9.53. The van der Waals surface area contributed by atoms with Gasteiger partial charge in [-0.2, -0.15) is 0 Å². The Bertz CT molecular complexity index is 560. The highest BCUT2D eigenvalue weighted by Gasteiger charge is 2.03. The number of aromatic nitrogens is 2. The first-order valence-corrected chi connectivity index (χ1v) is 6.34. The Hall–Kier alpha value is -1.42. The number of benzene rings is 1. The van der Waals surface area contributed by atoms with Crippen molar-refractivity contribution in [1.29, 1.82) is 0 Å². The Balaban J connectivity index is 2.44. The molecule has 0 saturated heterocycles. The highest BCUT2D eigenvalue weighted by atomic mass is 79.9. The molecule has 0 bridgehead atoms. The fourth-order valence-corrected chi connectivity index (χ4v) is 1.90. The van der Waals surface area contributed by atoms with Crippen LogP contribution in [-0.4, -0.2) is 9.97 Å². The third-order valence-electron chi connectivity index (χ3n) is 2.42. The molecule has 1 N–H and O–H groups in total. The van der Waals surface area contributed by atoms with E-state index in [0.717, 1.165) is 34.4 Å². The van der Waals surface area contributed by atoms with E-state index in [0.29, 0.717) is 0 Å². The summed E-state index contributed by atoms with van der Waals surface area (Å²) in [6, 6.07) is 9.31. The summed E-state index contributed by atoms with van der Waals surface area (Å²) in [5, 5.41) is 0. The lowest BCUT2D eigenvalue weighted by atomic mass is 10.1. The van der Waals surface area contributed by atoms with Crippen LogP contribution in [0.1, 0.15) is 19.2 Å². The van der Waals surface area contributed by atoms with Crippen molar-refractivity contribution in [1.82, 2.24) is 9.97 Å². The average molecular weight is 293 g/mol. The Morgan fingerprint density at radius 1 is 1.29 bits per heavy atom. The zero-order chi connectivity index (χ0) is 12.3. The second kappa shape index (κ2) is 5.27. The van der Waals surface area contributed by atoms with Crippen LogP contribution in [0, 0.1) is 0 Å². The molecule has 0 spiro atoms. The summed E-state index contributed by atoms with van der Waals surface area (Å²) in [6.07, 6.45) is 1.76. The normalized spacial score (nSPS) is 10.5. The molecular formula is C13H13BrN2O. The van der Waals surface area contributed by atoms with Gasteiger partial charge in [-0.1, -0.05) is 35.0 Å². The van der Waals surface area contributed by atoms with Crippen LogP contribution in [0.5, 0.6) is 0 Å². The number of H-pyrrole nitrogens is 1. The fraction of sp³-hybridized carbons (Fsp3) is 0.231. The Kier molecular flexibility index (Phi) is 3.74. The first kappa shape index (κ1) is 12.0. The van der Waals surface area contributed by atoms with Gasteiger partial charge in [-0.15, -0.1) is 0 Å². The van der Waals surface area contributed by atoms with E-state index in [9.17, 15) is 4.79 Å². The molecule has 0 fully saturated rings. The van der Waals surface area contributed by atoms with E-state index < -0.39 is 0 Å². The van der Waals surface area contributed by atoms with Crippen LogP contribution >= 0.6 is 15.9 Å². The van der Waals surface area contributed by atoms with Crippen molar-refractivity contribution in [3.8, 4) is 11.3 Å². The maximum Gasteiger partial charge on any atom is 0.251 e. The molecule has 0 amide bonds. The molecule has 0 aliphatic heterocycles. The van der Waals surface area contributed by atoms with Crippen molar-refractivity contribution < 1.29 is 0 Å². The molecule has 0 radical (unpaired) electrons. The molecule has 0 saturated carbocycles. The lowest BCUT2D eigenvalue weighted by Gasteiger charge is -2.03. The third kappa shape index (κ3) is 3.03. The van der Waals surface area contributed by atoms with E-state index in [4.69, 9.17) is 0 Å². The first-order valence-electron chi connectivity index (χ1n) is 5.55.